The number of hydrogen-bond donors (Lipinski definition) is 2. The Morgan fingerprint density at radius 2 is 1.96 bits per heavy atom. The van der Waals surface area contributed by atoms with Gasteiger partial charge in [0, 0.05) is 30.1 Å². The summed E-state index contributed by atoms with van der Waals surface area (Å²) in [6.07, 6.45) is 0.904. The minimum atomic E-state index is -0.825. The van der Waals surface area contributed by atoms with E-state index in [9.17, 15) is 19.5 Å². The highest BCUT2D eigenvalue weighted by atomic mass is 16.4. The summed E-state index contributed by atoms with van der Waals surface area (Å²) in [5.74, 6) is -1.36. The maximum Gasteiger partial charge on any atom is 0.336 e. The Labute approximate surface area is 143 Å². The average molecular weight is 345 g/mol. The van der Waals surface area contributed by atoms with Crippen molar-refractivity contribution in [3.05, 3.63) is 39.7 Å². The van der Waals surface area contributed by atoms with E-state index in [4.69, 9.17) is 9.52 Å². The molecule has 0 aliphatic carbocycles. The number of carbonyl (C=O) groups is 2. The van der Waals surface area contributed by atoms with E-state index in [1.807, 2.05) is 0 Å². The Balaban J connectivity index is 1.84. The van der Waals surface area contributed by atoms with Gasteiger partial charge in [0.2, 0.25) is 5.91 Å². The Morgan fingerprint density at radius 1 is 1.28 bits per heavy atom. The minimum Gasteiger partial charge on any atom is -0.508 e. The minimum absolute atomic E-state index is 0.0230. The van der Waals surface area contributed by atoms with Crippen LogP contribution in [-0.2, 0) is 16.0 Å². The molecule has 0 radical (unpaired) electrons. The van der Waals surface area contributed by atoms with E-state index in [2.05, 4.69) is 0 Å². The first kappa shape index (κ1) is 17.0. The summed E-state index contributed by atoms with van der Waals surface area (Å²) in [6, 6.07) is 4.42. The molecule has 0 spiro atoms. The topological polar surface area (TPSA) is 108 Å². The van der Waals surface area contributed by atoms with Gasteiger partial charge in [-0.05, 0) is 37.5 Å². The highest BCUT2D eigenvalue weighted by Crippen LogP contribution is 2.28. The average Bonchev–Trinajstić information content (AvgIpc) is 2.58. The van der Waals surface area contributed by atoms with Crippen LogP contribution in [0.25, 0.3) is 11.0 Å². The molecule has 3 rings (SSSR count). The number of phenols is 1. The van der Waals surface area contributed by atoms with Gasteiger partial charge in [-0.15, -0.1) is 0 Å². The highest BCUT2D eigenvalue weighted by Gasteiger charge is 2.27. The first-order valence-corrected chi connectivity index (χ1v) is 8.12. The molecule has 1 saturated heterocycles. The van der Waals surface area contributed by atoms with Crippen LogP contribution in [0.15, 0.2) is 27.4 Å². The van der Waals surface area contributed by atoms with Crippen LogP contribution in [0.3, 0.4) is 0 Å². The number of aryl methyl sites for hydroxylation is 1. The number of carbonyl (C=O) groups excluding carboxylic acids is 1. The van der Waals surface area contributed by atoms with Gasteiger partial charge in [-0.1, -0.05) is 0 Å². The summed E-state index contributed by atoms with van der Waals surface area (Å²) in [5.41, 5.74) is 0.694. The summed E-state index contributed by atoms with van der Waals surface area (Å²) in [5, 5.41) is 19.4. The first-order chi connectivity index (χ1) is 11.9. The smallest absolute Gasteiger partial charge is 0.336 e. The molecule has 0 atom stereocenters. The lowest BCUT2D eigenvalue weighted by atomic mass is 9.96. The Morgan fingerprint density at radius 3 is 2.60 bits per heavy atom. The van der Waals surface area contributed by atoms with Crippen molar-refractivity contribution in [1.82, 2.24) is 4.90 Å². The van der Waals surface area contributed by atoms with E-state index in [0.717, 1.165) is 0 Å². The van der Waals surface area contributed by atoms with E-state index in [1.54, 1.807) is 17.9 Å². The zero-order chi connectivity index (χ0) is 18.1. The van der Waals surface area contributed by atoms with Gasteiger partial charge in [0.05, 0.1) is 12.3 Å². The molecule has 2 N–H and O–H groups in total. The van der Waals surface area contributed by atoms with E-state index >= 15 is 0 Å². The fourth-order valence-electron chi connectivity index (χ4n) is 3.21. The van der Waals surface area contributed by atoms with Crippen LogP contribution in [0, 0.1) is 12.8 Å². The molecule has 0 bridgehead atoms. The number of amides is 1. The molecule has 1 fully saturated rings. The number of benzene rings is 1. The Hall–Kier alpha value is -2.83. The molecule has 7 heteroatoms. The quantitative estimate of drug-likeness (QED) is 0.819. The lowest BCUT2D eigenvalue weighted by Crippen LogP contribution is -2.41. The molecule has 25 heavy (non-hydrogen) atoms. The van der Waals surface area contributed by atoms with Gasteiger partial charge >= 0.3 is 11.6 Å². The van der Waals surface area contributed by atoms with Crippen LogP contribution in [0.2, 0.25) is 0 Å². The van der Waals surface area contributed by atoms with Crippen LogP contribution >= 0.6 is 0 Å². The van der Waals surface area contributed by atoms with Crippen LogP contribution in [0.5, 0.6) is 5.75 Å². The lowest BCUT2D eigenvalue weighted by molar-refractivity contribution is -0.145. The third-order valence-corrected chi connectivity index (χ3v) is 4.76. The van der Waals surface area contributed by atoms with Crippen molar-refractivity contribution >= 4 is 22.8 Å². The molecule has 7 nitrogen and oxygen atoms in total. The summed E-state index contributed by atoms with van der Waals surface area (Å²) in [6.45, 7) is 2.44. The maximum absolute atomic E-state index is 12.5. The van der Waals surface area contributed by atoms with E-state index in [1.165, 1.54) is 12.1 Å². The first-order valence-electron chi connectivity index (χ1n) is 8.12. The fraction of sp³-hybridized carbons (Fsp3) is 0.389. The number of aliphatic carboxylic acids is 1. The second-order valence-corrected chi connectivity index (χ2v) is 6.35. The maximum atomic E-state index is 12.5. The van der Waals surface area contributed by atoms with Crippen LogP contribution < -0.4 is 5.63 Å². The number of hydrogen-bond acceptors (Lipinski definition) is 5. The molecular weight excluding hydrogens is 326 g/mol. The zero-order valence-electron chi connectivity index (χ0n) is 13.8. The van der Waals surface area contributed by atoms with E-state index in [-0.39, 0.29) is 23.7 Å². The molecular formula is C18H19NO6. The van der Waals surface area contributed by atoms with Crippen molar-refractivity contribution in [1.29, 1.82) is 0 Å². The third kappa shape index (κ3) is 3.35. The summed E-state index contributed by atoms with van der Waals surface area (Å²) in [4.78, 5) is 37.0. The van der Waals surface area contributed by atoms with Crippen molar-refractivity contribution in [3.63, 3.8) is 0 Å². The van der Waals surface area contributed by atoms with Gasteiger partial charge < -0.3 is 19.5 Å². The van der Waals surface area contributed by atoms with Crippen molar-refractivity contribution in [2.24, 2.45) is 5.92 Å². The van der Waals surface area contributed by atoms with Gasteiger partial charge in [0.15, 0.2) is 0 Å². The van der Waals surface area contributed by atoms with E-state index < -0.39 is 17.5 Å². The SMILES string of the molecule is Cc1c(O)ccc2c(CC(=O)N3CCC(C(=O)O)CC3)cc(=O)oc12. The molecule has 1 aliphatic heterocycles. The molecule has 1 amide bonds. The number of phenolic OH excluding ortho intramolecular Hbond substituents is 1. The fourth-order valence-corrected chi connectivity index (χ4v) is 3.21. The summed E-state index contributed by atoms with van der Waals surface area (Å²) in [7, 11) is 0. The molecule has 0 saturated carbocycles. The molecule has 1 aromatic heterocycles. The van der Waals surface area contributed by atoms with Crippen molar-refractivity contribution in [2.75, 3.05) is 13.1 Å². The van der Waals surface area contributed by atoms with Crippen molar-refractivity contribution in [2.45, 2.75) is 26.2 Å². The molecule has 2 aromatic rings. The third-order valence-electron chi connectivity index (χ3n) is 4.76. The number of fused-ring (bicyclic) bond motifs is 1. The normalized spacial score (nSPS) is 15.5. The van der Waals surface area contributed by atoms with Gasteiger partial charge in [0.25, 0.3) is 0 Å². The highest BCUT2D eigenvalue weighted by molar-refractivity contribution is 5.89. The van der Waals surface area contributed by atoms with Crippen LogP contribution in [-0.4, -0.2) is 40.1 Å². The number of piperidine rings is 1. The Bertz CT molecular complexity index is 892. The monoisotopic (exact) mass is 345 g/mol. The van der Waals surface area contributed by atoms with Crippen LogP contribution in [0.1, 0.15) is 24.0 Å². The number of nitrogens with zero attached hydrogens (tertiary/aromatic N) is 1. The molecule has 0 unspecified atom stereocenters. The standard InChI is InChI=1S/C18H19NO6/c1-10-14(20)3-2-13-12(9-16(22)25-17(10)13)8-15(21)19-6-4-11(5-7-19)18(23)24/h2-3,9,11,20H,4-8H2,1H3,(H,23,24). The number of rotatable bonds is 3. The summed E-state index contributed by atoms with van der Waals surface area (Å²) >= 11 is 0. The number of likely N-dealkylation sites (tertiary alicyclic amines) is 1. The lowest BCUT2D eigenvalue weighted by Gasteiger charge is -2.30. The number of carboxylic acid groups (broad SMARTS) is 1. The second-order valence-electron chi connectivity index (χ2n) is 6.35. The van der Waals surface area contributed by atoms with Crippen LogP contribution in [0.4, 0.5) is 0 Å². The van der Waals surface area contributed by atoms with Gasteiger partial charge in [0.1, 0.15) is 11.3 Å². The predicted octanol–water partition coefficient (Wildman–Crippen LogP) is 1.67. The van der Waals surface area contributed by atoms with Crippen molar-refractivity contribution in [3.8, 4) is 5.75 Å². The summed E-state index contributed by atoms with van der Waals surface area (Å²) < 4.78 is 5.18. The largest absolute Gasteiger partial charge is 0.508 e. The molecule has 132 valence electrons. The molecule has 1 aromatic carbocycles. The molecule has 1 aliphatic rings. The zero-order valence-corrected chi connectivity index (χ0v) is 13.8. The number of aromatic hydroxyl groups is 1. The van der Waals surface area contributed by atoms with Crippen molar-refractivity contribution < 1.29 is 24.2 Å². The second kappa shape index (κ2) is 6.58. The predicted molar refractivity (Wildman–Crippen MR) is 89.5 cm³/mol. The van der Waals surface area contributed by atoms with E-state index in [0.29, 0.717) is 42.4 Å². The van der Waals surface area contributed by atoms with Gasteiger partial charge in [-0.25, -0.2) is 4.79 Å². The Kier molecular flexibility index (Phi) is 4.48. The van der Waals surface area contributed by atoms with Gasteiger partial charge in [-0.2, -0.15) is 0 Å². The number of carboxylic acids is 1. The van der Waals surface area contributed by atoms with Gasteiger partial charge in [-0.3, -0.25) is 9.59 Å². The molecule has 2 heterocycles.